The summed E-state index contributed by atoms with van der Waals surface area (Å²) >= 11 is 0. The second-order valence-electron chi connectivity index (χ2n) is 7.51. The van der Waals surface area contributed by atoms with Gasteiger partial charge in [0, 0.05) is 37.5 Å². The minimum Gasteiger partial charge on any atom is -0.423 e. The van der Waals surface area contributed by atoms with Crippen molar-refractivity contribution in [3.05, 3.63) is 76.6 Å². The topological polar surface area (TPSA) is 62.6 Å². The van der Waals surface area contributed by atoms with Crippen molar-refractivity contribution in [2.75, 3.05) is 18.4 Å². The summed E-state index contributed by atoms with van der Waals surface area (Å²) in [6.07, 6.45) is 4.51. The molecule has 0 spiro atoms. The third-order valence-corrected chi connectivity index (χ3v) is 5.13. The van der Waals surface area contributed by atoms with E-state index in [0.717, 1.165) is 42.3 Å². The van der Waals surface area contributed by atoms with E-state index in [-0.39, 0.29) is 11.5 Å². The molecular weight excluding hydrogens is 376 g/mol. The highest BCUT2D eigenvalue weighted by Gasteiger charge is 2.13. The number of fused-ring (bicyclic) bond motifs is 1. The molecule has 0 atom stereocenters. The highest BCUT2D eigenvalue weighted by molar-refractivity contribution is 5.89. The number of hydrogen-bond acceptors (Lipinski definition) is 4. The fraction of sp³-hybridized carbons (Fsp3) is 0.360. The molecule has 0 saturated heterocycles. The predicted octanol–water partition coefficient (Wildman–Crippen LogP) is 5.20. The van der Waals surface area contributed by atoms with Crippen molar-refractivity contribution in [2.45, 2.75) is 45.6 Å². The van der Waals surface area contributed by atoms with Crippen molar-refractivity contribution in [3.63, 3.8) is 0 Å². The molecule has 3 aromatic rings. The molecule has 5 nitrogen and oxygen atoms in total. The zero-order valence-corrected chi connectivity index (χ0v) is 17.6. The highest BCUT2D eigenvalue weighted by atomic mass is 16.4. The van der Waals surface area contributed by atoms with Gasteiger partial charge in [-0.2, -0.15) is 0 Å². The summed E-state index contributed by atoms with van der Waals surface area (Å²) in [4.78, 5) is 26.5. The van der Waals surface area contributed by atoms with Gasteiger partial charge >= 0.3 is 5.63 Å². The van der Waals surface area contributed by atoms with E-state index in [9.17, 15) is 9.59 Å². The lowest BCUT2D eigenvalue weighted by atomic mass is 10.1. The maximum absolute atomic E-state index is 12.8. The Morgan fingerprint density at radius 2 is 1.77 bits per heavy atom. The van der Waals surface area contributed by atoms with Gasteiger partial charge in [0.1, 0.15) is 5.58 Å². The van der Waals surface area contributed by atoms with Gasteiger partial charge in [-0.25, -0.2) is 4.79 Å². The minimum atomic E-state index is -0.368. The highest BCUT2D eigenvalue weighted by Crippen LogP contribution is 2.21. The van der Waals surface area contributed by atoms with Crippen LogP contribution in [0.4, 0.5) is 5.69 Å². The molecule has 3 rings (SSSR count). The van der Waals surface area contributed by atoms with Crippen molar-refractivity contribution in [1.82, 2.24) is 4.90 Å². The smallest absolute Gasteiger partial charge is 0.338 e. The van der Waals surface area contributed by atoms with Crippen LogP contribution < -0.4 is 10.9 Å². The Labute approximate surface area is 177 Å². The normalized spacial score (nSPS) is 10.8. The second-order valence-corrected chi connectivity index (χ2v) is 7.51. The summed E-state index contributed by atoms with van der Waals surface area (Å²) in [5, 5.41) is 4.22. The average molecular weight is 407 g/mol. The van der Waals surface area contributed by atoms with E-state index >= 15 is 0 Å². The van der Waals surface area contributed by atoms with E-state index in [1.807, 2.05) is 41.3 Å². The maximum Gasteiger partial charge on any atom is 0.338 e. The number of rotatable bonds is 11. The van der Waals surface area contributed by atoms with E-state index in [0.29, 0.717) is 31.6 Å². The molecule has 0 fully saturated rings. The molecule has 2 aromatic carbocycles. The lowest BCUT2D eigenvalue weighted by molar-refractivity contribution is -0.132. The summed E-state index contributed by atoms with van der Waals surface area (Å²) in [5.41, 5.74) is 2.11. The number of anilines is 1. The first-order valence-corrected chi connectivity index (χ1v) is 10.8. The molecule has 1 heterocycles. The van der Waals surface area contributed by atoms with Gasteiger partial charge < -0.3 is 14.6 Å². The van der Waals surface area contributed by atoms with E-state index in [1.165, 1.54) is 6.07 Å². The predicted molar refractivity (Wildman–Crippen MR) is 122 cm³/mol. The molecule has 30 heavy (non-hydrogen) atoms. The molecule has 0 aliphatic heterocycles. The number of carbonyl (C=O) groups excluding carboxylic acids is 1. The molecular formula is C25H30N2O3. The zero-order valence-electron chi connectivity index (χ0n) is 17.6. The zero-order chi connectivity index (χ0) is 21.2. The number of carbonyl (C=O) groups is 1. The molecule has 0 bridgehead atoms. The van der Waals surface area contributed by atoms with Gasteiger partial charge in [0.2, 0.25) is 5.91 Å². The lowest BCUT2D eigenvalue weighted by Gasteiger charge is -2.23. The summed E-state index contributed by atoms with van der Waals surface area (Å²) < 4.78 is 5.24. The average Bonchev–Trinajstić information content (AvgIpc) is 2.76. The van der Waals surface area contributed by atoms with Gasteiger partial charge in [0.15, 0.2) is 0 Å². The van der Waals surface area contributed by atoms with Crippen molar-refractivity contribution >= 4 is 22.6 Å². The van der Waals surface area contributed by atoms with Crippen LogP contribution in [0.3, 0.4) is 0 Å². The van der Waals surface area contributed by atoms with Crippen LogP contribution in [0.5, 0.6) is 0 Å². The molecule has 0 radical (unpaired) electrons. The monoisotopic (exact) mass is 406 g/mol. The Hall–Kier alpha value is -3.08. The summed E-state index contributed by atoms with van der Waals surface area (Å²) in [6, 6.07) is 19.1. The van der Waals surface area contributed by atoms with Gasteiger partial charge in [-0.15, -0.1) is 0 Å². The Balaban J connectivity index is 1.60. The number of hydrogen-bond donors (Lipinski definition) is 1. The van der Waals surface area contributed by atoms with Crippen LogP contribution in [0.15, 0.2) is 69.9 Å². The number of benzene rings is 2. The first-order valence-electron chi connectivity index (χ1n) is 10.8. The van der Waals surface area contributed by atoms with Gasteiger partial charge in [-0.1, -0.05) is 62.2 Å². The SMILES string of the molecule is CCCCCC(=O)N(CCCNc1cc(=O)oc2ccccc12)Cc1ccccc1. The Kier molecular flexibility index (Phi) is 8.07. The summed E-state index contributed by atoms with van der Waals surface area (Å²) in [5.74, 6) is 0.207. The second kappa shape index (κ2) is 11.2. The van der Waals surface area contributed by atoms with Crippen molar-refractivity contribution < 1.29 is 9.21 Å². The van der Waals surface area contributed by atoms with E-state index < -0.39 is 0 Å². The van der Waals surface area contributed by atoms with Crippen LogP contribution in [0.25, 0.3) is 11.0 Å². The first-order chi connectivity index (χ1) is 14.7. The molecule has 0 unspecified atom stereocenters. The largest absolute Gasteiger partial charge is 0.423 e. The van der Waals surface area contributed by atoms with Crippen LogP contribution >= 0.6 is 0 Å². The van der Waals surface area contributed by atoms with Crippen molar-refractivity contribution in [1.29, 1.82) is 0 Å². The molecule has 0 aliphatic rings. The van der Waals surface area contributed by atoms with Crippen molar-refractivity contribution in [3.8, 4) is 0 Å². The third-order valence-electron chi connectivity index (χ3n) is 5.13. The Bertz CT molecular complexity index is 998. The van der Waals surface area contributed by atoms with Gasteiger partial charge in [-0.05, 0) is 30.5 Å². The van der Waals surface area contributed by atoms with Crippen LogP contribution in [0.1, 0.15) is 44.6 Å². The molecule has 1 amide bonds. The number of para-hydroxylation sites is 1. The molecule has 0 saturated carbocycles. The number of unbranched alkanes of at least 4 members (excludes halogenated alkanes) is 2. The third kappa shape index (κ3) is 6.21. The lowest BCUT2D eigenvalue weighted by Crippen LogP contribution is -2.32. The van der Waals surface area contributed by atoms with E-state index in [2.05, 4.69) is 24.4 Å². The van der Waals surface area contributed by atoms with Crippen LogP contribution in [0.2, 0.25) is 0 Å². The Morgan fingerprint density at radius 3 is 2.57 bits per heavy atom. The fourth-order valence-electron chi connectivity index (χ4n) is 3.53. The molecule has 5 heteroatoms. The van der Waals surface area contributed by atoms with Crippen LogP contribution in [-0.4, -0.2) is 23.9 Å². The first kappa shape index (κ1) is 21.6. The quantitative estimate of drug-likeness (QED) is 0.351. The van der Waals surface area contributed by atoms with Crippen LogP contribution in [0, 0.1) is 0 Å². The van der Waals surface area contributed by atoms with Gasteiger partial charge in [-0.3, -0.25) is 4.79 Å². The maximum atomic E-state index is 12.8. The van der Waals surface area contributed by atoms with Gasteiger partial charge in [0.25, 0.3) is 0 Å². The number of nitrogens with zero attached hydrogens (tertiary/aromatic N) is 1. The minimum absolute atomic E-state index is 0.207. The van der Waals surface area contributed by atoms with Crippen molar-refractivity contribution in [2.24, 2.45) is 0 Å². The molecule has 158 valence electrons. The fourth-order valence-corrected chi connectivity index (χ4v) is 3.53. The number of nitrogens with one attached hydrogen (secondary N) is 1. The van der Waals surface area contributed by atoms with E-state index in [1.54, 1.807) is 6.07 Å². The Morgan fingerprint density at radius 1 is 1.00 bits per heavy atom. The molecule has 1 N–H and O–H groups in total. The standard InChI is InChI=1S/C25H30N2O3/c1-2-3-5-15-24(28)27(19-20-11-6-4-7-12-20)17-10-16-26-22-18-25(29)30-23-14-9-8-13-21(22)23/h4,6-9,11-14,18,26H,2-3,5,10,15-17,19H2,1H3. The molecule has 1 aromatic heterocycles. The van der Waals surface area contributed by atoms with Gasteiger partial charge in [0.05, 0.1) is 5.69 Å². The van der Waals surface area contributed by atoms with E-state index in [4.69, 9.17) is 4.42 Å². The summed E-state index contributed by atoms with van der Waals surface area (Å²) in [6.45, 7) is 4.11. The van der Waals surface area contributed by atoms with Crippen LogP contribution in [-0.2, 0) is 11.3 Å². The number of amides is 1. The molecule has 0 aliphatic carbocycles. The summed E-state index contributed by atoms with van der Waals surface area (Å²) in [7, 11) is 0.